The van der Waals surface area contributed by atoms with Gasteiger partial charge in [-0.1, -0.05) is 13.8 Å². The molecule has 0 unspecified atom stereocenters. The van der Waals surface area contributed by atoms with Gasteiger partial charge in [0.2, 0.25) is 0 Å². The molecule has 2 rings (SSSR count). The Morgan fingerprint density at radius 1 is 1.40 bits per heavy atom. The summed E-state index contributed by atoms with van der Waals surface area (Å²) in [7, 11) is 0. The second kappa shape index (κ2) is 6.35. The van der Waals surface area contributed by atoms with Gasteiger partial charge in [0.05, 0.1) is 0 Å². The van der Waals surface area contributed by atoms with E-state index in [-0.39, 0.29) is 0 Å². The molecule has 3 nitrogen and oxygen atoms in total. The highest BCUT2D eigenvalue weighted by molar-refractivity contribution is 8.00. The van der Waals surface area contributed by atoms with Crippen molar-refractivity contribution >= 4 is 17.6 Å². The number of thioether (sulfide) groups is 1. The molecule has 2 heterocycles. The Bertz CT molecular complexity index is 457. The minimum atomic E-state index is 0.319. The number of anilines is 1. The van der Waals surface area contributed by atoms with Crippen molar-refractivity contribution in [2.75, 3.05) is 23.7 Å². The lowest BCUT2D eigenvalue weighted by Crippen LogP contribution is -2.43. The van der Waals surface area contributed by atoms with Gasteiger partial charge in [-0.3, -0.25) is 0 Å². The molecule has 1 aliphatic heterocycles. The van der Waals surface area contributed by atoms with E-state index in [9.17, 15) is 0 Å². The quantitative estimate of drug-likeness (QED) is 0.922. The van der Waals surface area contributed by atoms with Crippen LogP contribution in [0.5, 0.6) is 0 Å². The number of pyridine rings is 1. The zero-order valence-electron chi connectivity index (χ0n) is 13.4. The van der Waals surface area contributed by atoms with Crippen LogP contribution in [0.25, 0.3) is 0 Å². The third-order valence-corrected chi connectivity index (χ3v) is 4.76. The van der Waals surface area contributed by atoms with Gasteiger partial charge < -0.3 is 10.2 Å². The summed E-state index contributed by atoms with van der Waals surface area (Å²) in [5.74, 6) is 2.32. The zero-order valence-corrected chi connectivity index (χ0v) is 14.2. The fourth-order valence-electron chi connectivity index (χ4n) is 2.52. The molecule has 0 saturated carbocycles. The fraction of sp³-hybridized carbons (Fsp3) is 0.688. The van der Waals surface area contributed by atoms with Crippen molar-refractivity contribution in [3.05, 3.63) is 23.4 Å². The number of rotatable bonds is 4. The first kappa shape index (κ1) is 15.6. The van der Waals surface area contributed by atoms with E-state index in [0.29, 0.717) is 10.8 Å². The summed E-state index contributed by atoms with van der Waals surface area (Å²) in [5, 5.41) is 3.48. The van der Waals surface area contributed by atoms with Crippen LogP contribution in [0.4, 0.5) is 5.82 Å². The zero-order chi connectivity index (χ0) is 14.8. The van der Waals surface area contributed by atoms with Crippen LogP contribution >= 0.6 is 11.8 Å². The number of nitrogens with one attached hydrogen (secondary N) is 1. The number of nitrogens with zero attached hydrogens (tertiary/aromatic N) is 2. The van der Waals surface area contributed by atoms with Crippen molar-refractivity contribution in [2.24, 2.45) is 0 Å². The molecule has 0 spiro atoms. The van der Waals surface area contributed by atoms with Crippen LogP contribution in [0.15, 0.2) is 12.1 Å². The highest BCUT2D eigenvalue weighted by Crippen LogP contribution is 2.31. The Morgan fingerprint density at radius 2 is 2.15 bits per heavy atom. The highest BCUT2D eigenvalue weighted by Gasteiger charge is 2.27. The maximum absolute atomic E-state index is 4.74. The third-order valence-electron chi connectivity index (χ3n) is 3.46. The van der Waals surface area contributed by atoms with E-state index in [2.05, 4.69) is 68.7 Å². The molecule has 1 aromatic rings. The van der Waals surface area contributed by atoms with Crippen molar-refractivity contribution in [3.63, 3.8) is 0 Å². The van der Waals surface area contributed by atoms with E-state index in [1.54, 1.807) is 0 Å². The van der Waals surface area contributed by atoms with Crippen molar-refractivity contribution in [3.8, 4) is 0 Å². The third kappa shape index (κ3) is 4.38. The lowest BCUT2D eigenvalue weighted by molar-refractivity contribution is 0.587. The SMILES string of the molecule is Cc1cc(CNC(C)C)cc(N2CCSC(C)(C)C2)n1. The van der Waals surface area contributed by atoms with Gasteiger partial charge in [0.25, 0.3) is 0 Å². The van der Waals surface area contributed by atoms with Crippen LogP contribution in [-0.2, 0) is 6.54 Å². The summed E-state index contributed by atoms with van der Waals surface area (Å²) < 4.78 is 0.319. The second-order valence-electron chi connectivity index (χ2n) is 6.54. The van der Waals surface area contributed by atoms with Gasteiger partial charge in [0.1, 0.15) is 5.82 Å². The molecule has 1 aromatic heterocycles. The summed E-state index contributed by atoms with van der Waals surface area (Å²) in [6, 6.07) is 4.94. The van der Waals surface area contributed by atoms with E-state index in [1.165, 1.54) is 11.3 Å². The molecule has 4 heteroatoms. The molecule has 0 amide bonds. The normalized spacial score (nSPS) is 18.6. The molecule has 112 valence electrons. The van der Waals surface area contributed by atoms with Crippen molar-refractivity contribution in [1.29, 1.82) is 0 Å². The Hall–Kier alpha value is -0.740. The topological polar surface area (TPSA) is 28.2 Å². The van der Waals surface area contributed by atoms with Crippen LogP contribution in [0.1, 0.15) is 39.0 Å². The summed E-state index contributed by atoms with van der Waals surface area (Å²) in [6.07, 6.45) is 0. The molecule has 1 saturated heterocycles. The Morgan fingerprint density at radius 3 is 2.80 bits per heavy atom. The average molecular weight is 293 g/mol. The van der Waals surface area contributed by atoms with Crippen molar-refractivity contribution in [1.82, 2.24) is 10.3 Å². The number of hydrogen-bond acceptors (Lipinski definition) is 4. The summed E-state index contributed by atoms with van der Waals surface area (Å²) in [5.41, 5.74) is 2.44. The van der Waals surface area contributed by atoms with E-state index >= 15 is 0 Å². The lowest BCUT2D eigenvalue weighted by Gasteiger charge is -2.38. The predicted octanol–water partition coefficient (Wildman–Crippen LogP) is 3.22. The fourth-order valence-corrected chi connectivity index (χ4v) is 3.63. The Kier molecular flexibility index (Phi) is 4.97. The molecule has 0 radical (unpaired) electrons. The lowest BCUT2D eigenvalue weighted by atomic mass is 10.1. The Labute approximate surface area is 127 Å². The largest absolute Gasteiger partial charge is 0.354 e. The van der Waals surface area contributed by atoms with Crippen LogP contribution in [0, 0.1) is 6.92 Å². The minimum absolute atomic E-state index is 0.319. The van der Waals surface area contributed by atoms with Crippen molar-refractivity contribution in [2.45, 2.75) is 52.0 Å². The molecule has 0 aromatic carbocycles. The van der Waals surface area contributed by atoms with Gasteiger partial charge >= 0.3 is 0 Å². The minimum Gasteiger partial charge on any atom is -0.354 e. The standard InChI is InChI=1S/C16H27N3S/c1-12(2)17-10-14-8-13(3)18-15(9-14)19-6-7-20-16(4,5)11-19/h8-9,12,17H,6-7,10-11H2,1-5H3. The molecular weight excluding hydrogens is 266 g/mol. The highest BCUT2D eigenvalue weighted by atomic mass is 32.2. The van der Waals surface area contributed by atoms with Gasteiger partial charge in [-0.2, -0.15) is 11.8 Å². The number of aromatic nitrogens is 1. The Balaban J connectivity index is 2.14. The maximum atomic E-state index is 4.74. The molecule has 1 N–H and O–H groups in total. The smallest absolute Gasteiger partial charge is 0.129 e. The van der Waals surface area contributed by atoms with E-state index < -0.39 is 0 Å². The molecule has 20 heavy (non-hydrogen) atoms. The average Bonchev–Trinajstić information content (AvgIpc) is 2.34. The van der Waals surface area contributed by atoms with E-state index in [4.69, 9.17) is 4.98 Å². The van der Waals surface area contributed by atoms with Gasteiger partial charge in [0, 0.05) is 41.9 Å². The van der Waals surface area contributed by atoms with Crippen LogP contribution in [0.3, 0.4) is 0 Å². The molecule has 0 atom stereocenters. The number of hydrogen-bond donors (Lipinski definition) is 1. The first-order chi connectivity index (χ1) is 9.35. The summed E-state index contributed by atoms with van der Waals surface area (Å²) in [4.78, 5) is 7.17. The molecular formula is C16H27N3S. The van der Waals surface area contributed by atoms with Gasteiger partial charge in [-0.15, -0.1) is 0 Å². The molecule has 0 aliphatic carbocycles. The maximum Gasteiger partial charge on any atom is 0.129 e. The van der Waals surface area contributed by atoms with Crippen LogP contribution < -0.4 is 10.2 Å². The summed E-state index contributed by atoms with van der Waals surface area (Å²) >= 11 is 2.06. The van der Waals surface area contributed by atoms with Gasteiger partial charge in [-0.05, 0) is 38.5 Å². The van der Waals surface area contributed by atoms with E-state index in [1.807, 2.05) is 0 Å². The van der Waals surface area contributed by atoms with Crippen molar-refractivity contribution < 1.29 is 0 Å². The molecule has 0 bridgehead atoms. The first-order valence-corrected chi connectivity index (χ1v) is 8.44. The van der Waals surface area contributed by atoms with E-state index in [0.717, 1.165) is 31.1 Å². The monoisotopic (exact) mass is 293 g/mol. The predicted molar refractivity (Wildman–Crippen MR) is 89.7 cm³/mol. The second-order valence-corrected chi connectivity index (χ2v) is 8.34. The van der Waals surface area contributed by atoms with Crippen LogP contribution in [0.2, 0.25) is 0 Å². The molecule has 1 aliphatic rings. The van der Waals surface area contributed by atoms with Gasteiger partial charge in [-0.25, -0.2) is 4.98 Å². The summed E-state index contributed by atoms with van der Waals surface area (Å²) in [6.45, 7) is 14.2. The van der Waals surface area contributed by atoms with Crippen LogP contribution in [-0.4, -0.2) is 34.6 Å². The molecule has 1 fully saturated rings. The number of aryl methyl sites for hydroxylation is 1. The first-order valence-electron chi connectivity index (χ1n) is 7.45. The van der Waals surface area contributed by atoms with Gasteiger partial charge in [0.15, 0.2) is 0 Å².